The summed E-state index contributed by atoms with van der Waals surface area (Å²) in [7, 11) is 0. The van der Waals surface area contributed by atoms with Crippen LogP contribution >= 0.6 is 0 Å². The van der Waals surface area contributed by atoms with Gasteiger partial charge in [-0.15, -0.1) is 0 Å². The number of hydrogen-bond acceptors (Lipinski definition) is 7. The summed E-state index contributed by atoms with van der Waals surface area (Å²) < 4.78 is 54.0. The summed E-state index contributed by atoms with van der Waals surface area (Å²) in [5.74, 6) is -2.65. The van der Waals surface area contributed by atoms with Crippen LogP contribution in [0.15, 0.2) is 40.4 Å². The Morgan fingerprint density at radius 2 is 2.17 bits per heavy atom. The summed E-state index contributed by atoms with van der Waals surface area (Å²) in [4.78, 5) is 33.2. The molecule has 1 amide bonds. The topological polar surface area (TPSA) is 132 Å². The summed E-state index contributed by atoms with van der Waals surface area (Å²) >= 11 is 0. The molecule has 0 aliphatic carbocycles. The van der Waals surface area contributed by atoms with Gasteiger partial charge in [0.1, 0.15) is 17.6 Å². The van der Waals surface area contributed by atoms with Crippen LogP contribution < -0.4 is 16.6 Å². The van der Waals surface area contributed by atoms with Gasteiger partial charge in [0.05, 0.1) is 25.3 Å². The molecule has 1 aromatic heterocycles. The lowest BCUT2D eigenvalue weighted by atomic mass is 9.76. The first-order valence-corrected chi connectivity index (χ1v) is 8.85. The third-order valence-electron chi connectivity index (χ3n) is 5.05. The van der Waals surface area contributed by atoms with Gasteiger partial charge in [-0.3, -0.25) is 9.59 Å². The Bertz CT molecular complexity index is 1060. The van der Waals surface area contributed by atoms with E-state index in [9.17, 15) is 22.8 Å². The van der Waals surface area contributed by atoms with Gasteiger partial charge in [0.2, 0.25) is 0 Å². The van der Waals surface area contributed by atoms with Crippen molar-refractivity contribution in [3.05, 3.63) is 58.0 Å². The lowest BCUT2D eigenvalue weighted by Gasteiger charge is -2.40. The molecule has 4 N–H and O–H groups in total. The van der Waals surface area contributed by atoms with Crippen LogP contribution in [0.3, 0.4) is 0 Å². The highest BCUT2D eigenvalue weighted by atomic mass is 19.3. The van der Waals surface area contributed by atoms with E-state index in [1.54, 1.807) is 0 Å². The number of carbonyl (C=O) groups excluding carboxylic acids is 1. The molecule has 9 nitrogen and oxygen atoms in total. The number of amides is 1. The maximum Gasteiger partial charge on any atom is 0.283 e. The average Bonchev–Trinajstić information content (AvgIpc) is 3.17. The van der Waals surface area contributed by atoms with Crippen molar-refractivity contribution >= 4 is 17.6 Å². The number of carbonyl (C=O) groups is 1. The predicted molar refractivity (Wildman–Crippen MR) is 97.7 cm³/mol. The predicted octanol–water partition coefficient (Wildman–Crippen LogP) is 0.982. The molecular weight excluding hydrogens is 407 g/mol. The van der Waals surface area contributed by atoms with E-state index in [-0.39, 0.29) is 24.6 Å². The quantitative estimate of drug-likeness (QED) is 0.672. The molecule has 2 aliphatic heterocycles. The molecule has 12 heteroatoms. The summed E-state index contributed by atoms with van der Waals surface area (Å²) in [5, 5.41) is 2.43. The van der Waals surface area contributed by atoms with Gasteiger partial charge in [-0.25, -0.2) is 23.1 Å². The molecule has 1 fully saturated rings. The van der Waals surface area contributed by atoms with Crippen LogP contribution in [0.4, 0.5) is 18.9 Å². The number of nitrogens with two attached hydrogens (primary N) is 1. The second kappa shape index (κ2) is 7.44. The number of ether oxygens (including phenoxy) is 2. The number of H-pyrrole nitrogens is 1. The molecule has 4 rings (SSSR count). The van der Waals surface area contributed by atoms with Gasteiger partial charge in [-0.05, 0) is 18.2 Å². The Labute approximate surface area is 167 Å². The standard InChI is InChI=1S/C18H16F3N5O4/c19-11-2-1-8(25-15(28)12-4-24-14(27)5-23-12)3-9(11)18(16(20)21)10-6-29-7-13(10)30-17(22)26-18/h1-5,10,13,16H,6-7H2,(H2,22,26)(H,24,27)(H,25,28)/t10-,13+,18+/m0/s1. The number of benzene rings is 1. The Kier molecular flexibility index (Phi) is 4.94. The molecule has 2 aromatic rings. The van der Waals surface area contributed by atoms with Crippen molar-refractivity contribution in [1.82, 2.24) is 9.97 Å². The van der Waals surface area contributed by atoms with Gasteiger partial charge in [0.25, 0.3) is 23.9 Å². The highest BCUT2D eigenvalue weighted by molar-refractivity contribution is 6.02. The lowest BCUT2D eigenvalue weighted by Crippen LogP contribution is -2.52. The first-order chi connectivity index (χ1) is 14.3. The number of fused-ring (bicyclic) bond motifs is 1. The largest absolute Gasteiger partial charge is 0.459 e. The number of halogens is 3. The number of hydrogen-bond donors (Lipinski definition) is 3. The van der Waals surface area contributed by atoms with Gasteiger partial charge in [-0.1, -0.05) is 0 Å². The molecule has 1 saturated heterocycles. The smallest absolute Gasteiger partial charge is 0.283 e. The Morgan fingerprint density at radius 1 is 1.37 bits per heavy atom. The van der Waals surface area contributed by atoms with E-state index in [2.05, 4.69) is 20.3 Å². The van der Waals surface area contributed by atoms with E-state index in [1.165, 1.54) is 6.07 Å². The maximum atomic E-state index is 14.8. The number of nitrogens with one attached hydrogen (secondary N) is 2. The Balaban J connectivity index is 1.74. The van der Waals surface area contributed by atoms with Crippen molar-refractivity contribution in [1.29, 1.82) is 0 Å². The van der Waals surface area contributed by atoms with Crippen molar-refractivity contribution in [3.8, 4) is 0 Å². The number of anilines is 1. The molecule has 30 heavy (non-hydrogen) atoms. The van der Waals surface area contributed by atoms with Crippen molar-refractivity contribution in [2.75, 3.05) is 18.5 Å². The molecular formula is C18H16F3N5O4. The second-order valence-electron chi connectivity index (χ2n) is 6.82. The van der Waals surface area contributed by atoms with E-state index in [0.717, 1.165) is 24.5 Å². The van der Waals surface area contributed by atoms with Gasteiger partial charge < -0.3 is 25.5 Å². The Morgan fingerprint density at radius 3 is 2.87 bits per heavy atom. The summed E-state index contributed by atoms with van der Waals surface area (Å²) in [6.45, 7) is -0.103. The third-order valence-corrected chi connectivity index (χ3v) is 5.05. The lowest BCUT2D eigenvalue weighted by molar-refractivity contribution is -0.0305. The molecule has 2 aliphatic rings. The molecule has 0 spiro atoms. The van der Waals surface area contributed by atoms with Crippen LogP contribution in [0.2, 0.25) is 0 Å². The number of aromatic amines is 1. The zero-order valence-electron chi connectivity index (χ0n) is 15.3. The number of aromatic nitrogens is 2. The minimum absolute atomic E-state index is 0.0191. The molecule has 0 saturated carbocycles. The van der Waals surface area contributed by atoms with Crippen molar-refractivity contribution in [2.45, 2.75) is 18.1 Å². The number of amidine groups is 1. The molecule has 158 valence electrons. The number of nitrogens with zero attached hydrogens (tertiary/aromatic N) is 2. The van der Waals surface area contributed by atoms with Crippen LogP contribution in [0, 0.1) is 11.7 Å². The molecule has 0 radical (unpaired) electrons. The van der Waals surface area contributed by atoms with Crippen LogP contribution in [-0.4, -0.2) is 47.6 Å². The van der Waals surface area contributed by atoms with Gasteiger partial charge in [0, 0.05) is 17.4 Å². The molecule has 0 bridgehead atoms. The molecule has 1 aromatic carbocycles. The van der Waals surface area contributed by atoms with Crippen LogP contribution in [0.1, 0.15) is 16.1 Å². The fourth-order valence-electron chi connectivity index (χ4n) is 3.67. The fourth-order valence-corrected chi connectivity index (χ4v) is 3.67. The first-order valence-electron chi connectivity index (χ1n) is 8.85. The van der Waals surface area contributed by atoms with Crippen LogP contribution in [0.5, 0.6) is 0 Å². The minimum atomic E-state index is -3.13. The average molecular weight is 423 g/mol. The van der Waals surface area contributed by atoms with Crippen LogP contribution in [-0.2, 0) is 15.0 Å². The number of alkyl halides is 2. The highest BCUT2D eigenvalue weighted by Crippen LogP contribution is 2.48. The molecule has 0 unspecified atom stereocenters. The van der Waals surface area contributed by atoms with Gasteiger partial charge in [0.15, 0.2) is 5.54 Å². The van der Waals surface area contributed by atoms with E-state index in [1.807, 2.05) is 0 Å². The summed E-state index contributed by atoms with van der Waals surface area (Å²) in [6.07, 6.45) is -1.93. The zero-order valence-corrected chi connectivity index (χ0v) is 15.3. The Hall–Kier alpha value is -3.41. The zero-order chi connectivity index (χ0) is 21.5. The number of aliphatic imine (C=N–C) groups is 1. The first kappa shape index (κ1) is 19.9. The van der Waals surface area contributed by atoms with Gasteiger partial charge >= 0.3 is 0 Å². The fraction of sp³-hybridized carbons (Fsp3) is 0.333. The molecule has 3 heterocycles. The normalized spacial score (nSPS) is 25.4. The highest BCUT2D eigenvalue weighted by Gasteiger charge is 2.58. The van der Waals surface area contributed by atoms with Gasteiger partial charge in [-0.2, -0.15) is 0 Å². The maximum absolute atomic E-state index is 14.8. The minimum Gasteiger partial charge on any atom is -0.459 e. The molecule has 3 atom stereocenters. The van der Waals surface area contributed by atoms with E-state index in [0.29, 0.717) is 0 Å². The summed E-state index contributed by atoms with van der Waals surface area (Å²) in [6, 6.07) is 2.73. The third kappa shape index (κ3) is 3.28. The summed E-state index contributed by atoms with van der Waals surface area (Å²) in [5.41, 5.74) is 2.22. The van der Waals surface area contributed by atoms with Crippen molar-refractivity contribution in [3.63, 3.8) is 0 Å². The monoisotopic (exact) mass is 423 g/mol. The SMILES string of the molecule is NC1=N[C@@](c2cc(NC(=O)c3c[nH]c(=O)cn3)ccc2F)(C(F)F)[C@H]2COC[C@H]2O1. The van der Waals surface area contributed by atoms with Crippen molar-refractivity contribution < 1.29 is 27.4 Å². The van der Waals surface area contributed by atoms with E-state index >= 15 is 0 Å². The second-order valence-corrected chi connectivity index (χ2v) is 6.82. The number of rotatable bonds is 4. The van der Waals surface area contributed by atoms with E-state index in [4.69, 9.17) is 15.2 Å². The van der Waals surface area contributed by atoms with Crippen LogP contribution in [0.25, 0.3) is 0 Å². The van der Waals surface area contributed by atoms with Crippen molar-refractivity contribution in [2.24, 2.45) is 16.6 Å². The van der Waals surface area contributed by atoms with E-state index < -0.39 is 52.9 Å².